The average molecular weight is 337 g/mol. The molecule has 0 spiro atoms. The summed E-state index contributed by atoms with van der Waals surface area (Å²) in [6.07, 6.45) is 17.6. The molecule has 1 aromatic rings. The summed E-state index contributed by atoms with van der Waals surface area (Å²) in [6.45, 7) is 5.18. The van der Waals surface area contributed by atoms with Crippen LogP contribution >= 0.6 is 0 Å². The molecule has 0 atom stereocenters. The molecule has 134 valence electrons. The van der Waals surface area contributed by atoms with Gasteiger partial charge in [-0.2, -0.15) is 0 Å². The Kier molecular flexibility index (Phi) is 8.98. The predicted molar refractivity (Wildman–Crippen MR) is 109 cm³/mol. The highest BCUT2D eigenvalue weighted by Crippen LogP contribution is 2.31. The zero-order valence-electron chi connectivity index (χ0n) is 15.8. The lowest BCUT2D eigenvalue weighted by atomic mass is 9.80. The van der Waals surface area contributed by atoms with Crippen molar-refractivity contribution in [3.05, 3.63) is 48.1 Å². The molecule has 0 aromatic heterocycles. The topological polar surface area (TPSA) is 9.23 Å². The Hall–Kier alpha value is -1.94. The largest absolute Gasteiger partial charge is 0.494 e. The minimum absolute atomic E-state index is 0.738. The molecule has 1 fully saturated rings. The highest BCUT2D eigenvalue weighted by molar-refractivity contribution is 5.54. The molecular formula is C24H32O. The third-order valence-electron chi connectivity index (χ3n) is 4.84. The van der Waals surface area contributed by atoms with E-state index in [1.165, 1.54) is 38.5 Å². The molecule has 2 rings (SSSR count). The van der Waals surface area contributed by atoms with Gasteiger partial charge in [-0.1, -0.05) is 56.7 Å². The van der Waals surface area contributed by atoms with Gasteiger partial charge in [-0.05, 0) is 79.9 Å². The molecular weight excluding hydrogens is 304 g/mol. The number of ether oxygens (including phenoxy) is 1. The lowest BCUT2D eigenvalue weighted by molar-refractivity contribution is 0.294. The molecule has 0 radical (unpaired) electrons. The van der Waals surface area contributed by atoms with Crippen LogP contribution < -0.4 is 4.74 Å². The van der Waals surface area contributed by atoms with Gasteiger partial charge in [0.15, 0.2) is 0 Å². The van der Waals surface area contributed by atoms with Crippen LogP contribution in [-0.4, -0.2) is 6.61 Å². The second-order valence-corrected chi connectivity index (χ2v) is 6.97. The van der Waals surface area contributed by atoms with Crippen LogP contribution in [0, 0.1) is 23.7 Å². The molecule has 0 aliphatic heterocycles. The summed E-state index contributed by atoms with van der Waals surface area (Å²) in [5.41, 5.74) is 1.15. The molecule has 1 aliphatic rings. The number of benzene rings is 1. The van der Waals surface area contributed by atoms with Crippen LogP contribution in [0.2, 0.25) is 0 Å². The van der Waals surface area contributed by atoms with Gasteiger partial charge in [-0.15, -0.1) is 0 Å². The van der Waals surface area contributed by atoms with Gasteiger partial charge >= 0.3 is 0 Å². The summed E-state index contributed by atoms with van der Waals surface area (Å²) in [6, 6.07) is 8.15. The van der Waals surface area contributed by atoms with Crippen LogP contribution in [0.25, 0.3) is 6.08 Å². The van der Waals surface area contributed by atoms with Crippen LogP contribution in [0.1, 0.15) is 64.4 Å². The van der Waals surface area contributed by atoms with Crippen LogP contribution in [0.15, 0.2) is 42.5 Å². The number of hydrogen-bond acceptors (Lipinski definition) is 1. The smallest absolute Gasteiger partial charge is 0.119 e. The summed E-state index contributed by atoms with van der Waals surface area (Å²) in [4.78, 5) is 0. The Morgan fingerprint density at radius 3 is 2.36 bits per heavy atom. The van der Waals surface area contributed by atoms with Crippen molar-refractivity contribution in [2.75, 3.05) is 6.61 Å². The first-order valence-corrected chi connectivity index (χ1v) is 9.89. The Labute approximate surface area is 154 Å². The van der Waals surface area contributed by atoms with E-state index < -0.39 is 0 Å². The van der Waals surface area contributed by atoms with E-state index in [0.29, 0.717) is 0 Å². The molecule has 1 nitrogen and oxygen atoms in total. The summed E-state index contributed by atoms with van der Waals surface area (Å²) in [5, 5.41) is 0. The first-order chi connectivity index (χ1) is 12.3. The SMILES string of the molecule is CCCOc1ccc(/C=C/C#C/C=C/[C@H]2CC[C@H](CCC)CC2)cc1. The minimum atomic E-state index is 0.738. The van der Waals surface area contributed by atoms with Crippen molar-refractivity contribution in [2.45, 2.75) is 58.8 Å². The second kappa shape index (κ2) is 11.6. The molecule has 1 aliphatic carbocycles. The molecule has 1 aromatic carbocycles. The molecule has 0 saturated heterocycles. The standard InChI is InChI=1S/C24H32O/c1-3-9-21-12-14-22(15-13-21)10-7-5-6-8-11-23-16-18-24(19-17-23)25-20-4-2/h7-8,10-11,16-19,21-22H,3-4,9,12-15,20H2,1-2H3/b10-7+,11-8+/t21-,22-. The predicted octanol–water partition coefficient (Wildman–Crippen LogP) is 6.65. The van der Waals surface area contributed by atoms with Crippen molar-refractivity contribution in [1.29, 1.82) is 0 Å². The molecule has 1 saturated carbocycles. The van der Waals surface area contributed by atoms with E-state index in [9.17, 15) is 0 Å². The normalized spacial score (nSPS) is 20.6. The third-order valence-corrected chi connectivity index (χ3v) is 4.84. The van der Waals surface area contributed by atoms with Crippen molar-refractivity contribution in [1.82, 2.24) is 0 Å². The minimum Gasteiger partial charge on any atom is -0.494 e. The maximum Gasteiger partial charge on any atom is 0.119 e. The van der Waals surface area contributed by atoms with Crippen molar-refractivity contribution in [3.63, 3.8) is 0 Å². The van der Waals surface area contributed by atoms with Crippen LogP contribution in [0.3, 0.4) is 0 Å². The van der Waals surface area contributed by atoms with Gasteiger partial charge < -0.3 is 4.74 Å². The second-order valence-electron chi connectivity index (χ2n) is 6.97. The van der Waals surface area contributed by atoms with Crippen LogP contribution in [0.4, 0.5) is 0 Å². The lowest BCUT2D eigenvalue weighted by Crippen LogP contribution is -2.12. The Morgan fingerprint density at radius 2 is 1.68 bits per heavy atom. The third kappa shape index (κ3) is 7.65. The Morgan fingerprint density at radius 1 is 0.960 bits per heavy atom. The fraction of sp³-hybridized carbons (Fsp3) is 0.500. The lowest BCUT2D eigenvalue weighted by Gasteiger charge is -2.26. The number of hydrogen-bond donors (Lipinski definition) is 0. The maximum absolute atomic E-state index is 5.58. The van der Waals surface area contributed by atoms with E-state index in [2.05, 4.69) is 43.9 Å². The van der Waals surface area contributed by atoms with Gasteiger partial charge in [0.2, 0.25) is 0 Å². The van der Waals surface area contributed by atoms with Gasteiger partial charge in [0.25, 0.3) is 0 Å². The molecule has 0 amide bonds. The van der Waals surface area contributed by atoms with Gasteiger partial charge in [-0.25, -0.2) is 0 Å². The number of rotatable bonds is 7. The van der Waals surface area contributed by atoms with Gasteiger partial charge in [0.05, 0.1) is 6.61 Å². The summed E-state index contributed by atoms with van der Waals surface area (Å²) in [7, 11) is 0. The zero-order valence-corrected chi connectivity index (χ0v) is 15.8. The highest BCUT2D eigenvalue weighted by atomic mass is 16.5. The monoisotopic (exact) mass is 336 g/mol. The molecule has 0 bridgehead atoms. The fourth-order valence-electron chi connectivity index (χ4n) is 3.39. The van der Waals surface area contributed by atoms with Crippen molar-refractivity contribution < 1.29 is 4.74 Å². The van der Waals surface area contributed by atoms with E-state index in [1.54, 1.807) is 0 Å². The summed E-state index contributed by atoms with van der Waals surface area (Å²) < 4.78 is 5.58. The first kappa shape index (κ1) is 19.4. The van der Waals surface area contributed by atoms with Crippen molar-refractivity contribution in [2.24, 2.45) is 11.8 Å². The van der Waals surface area contributed by atoms with Gasteiger partial charge in [0, 0.05) is 0 Å². The van der Waals surface area contributed by atoms with E-state index >= 15 is 0 Å². The van der Waals surface area contributed by atoms with E-state index in [-0.39, 0.29) is 0 Å². The Balaban J connectivity index is 1.72. The number of allylic oxidation sites excluding steroid dienone is 3. The Bertz CT molecular complexity index is 589. The fourth-order valence-corrected chi connectivity index (χ4v) is 3.39. The maximum atomic E-state index is 5.58. The molecule has 0 unspecified atom stereocenters. The van der Waals surface area contributed by atoms with Gasteiger partial charge in [0.1, 0.15) is 5.75 Å². The molecule has 1 heteroatoms. The molecule has 0 N–H and O–H groups in total. The zero-order chi connectivity index (χ0) is 17.7. The van der Waals surface area contributed by atoms with Crippen molar-refractivity contribution >= 4 is 6.08 Å². The van der Waals surface area contributed by atoms with Gasteiger partial charge in [-0.3, -0.25) is 0 Å². The van der Waals surface area contributed by atoms with E-state index in [0.717, 1.165) is 36.2 Å². The van der Waals surface area contributed by atoms with Crippen LogP contribution in [0.5, 0.6) is 5.75 Å². The highest BCUT2D eigenvalue weighted by Gasteiger charge is 2.18. The quantitative estimate of drug-likeness (QED) is 0.506. The summed E-state index contributed by atoms with van der Waals surface area (Å²) in [5.74, 6) is 8.88. The average Bonchev–Trinajstić information content (AvgIpc) is 2.65. The van der Waals surface area contributed by atoms with Crippen LogP contribution in [-0.2, 0) is 0 Å². The van der Waals surface area contributed by atoms with Crippen molar-refractivity contribution in [3.8, 4) is 17.6 Å². The summed E-state index contributed by atoms with van der Waals surface area (Å²) >= 11 is 0. The molecule has 25 heavy (non-hydrogen) atoms. The van der Waals surface area contributed by atoms with E-state index in [4.69, 9.17) is 4.74 Å². The van der Waals surface area contributed by atoms with E-state index in [1.807, 2.05) is 30.4 Å². The molecule has 0 heterocycles. The first-order valence-electron chi connectivity index (χ1n) is 9.89.